The number of aromatic hydroxyl groups is 1. The molecular formula is C25H27N3O3. The van der Waals surface area contributed by atoms with Gasteiger partial charge < -0.3 is 20.2 Å². The molecule has 2 atom stereocenters. The van der Waals surface area contributed by atoms with Gasteiger partial charge in [-0.25, -0.2) is 0 Å². The minimum Gasteiger partial charge on any atom is -0.508 e. The van der Waals surface area contributed by atoms with E-state index < -0.39 is 11.8 Å². The molecule has 31 heavy (non-hydrogen) atoms. The van der Waals surface area contributed by atoms with Crippen LogP contribution in [0.5, 0.6) is 5.75 Å². The number of carbonyl (C=O) groups excluding carboxylic acids is 2. The molecule has 2 aliphatic heterocycles. The minimum atomic E-state index is -0.574. The number of amides is 2. The molecule has 2 heterocycles. The summed E-state index contributed by atoms with van der Waals surface area (Å²) < 4.78 is 0. The molecule has 2 aromatic rings. The molecule has 1 spiro atoms. The van der Waals surface area contributed by atoms with Crippen molar-refractivity contribution >= 4 is 23.2 Å². The number of phenols is 1. The number of para-hydroxylation sites is 2. The fourth-order valence-electron chi connectivity index (χ4n) is 6.00. The van der Waals surface area contributed by atoms with Crippen LogP contribution in [0.15, 0.2) is 42.5 Å². The SMILES string of the molecule is O=C(Nc1ccccc1N1CC2CCC1C2)C(=O)N1Cc2ccc(O)cc2C2(CC2)C1. The van der Waals surface area contributed by atoms with Crippen molar-refractivity contribution in [2.75, 3.05) is 23.3 Å². The van der Waals surface area contributed by atoms with Gasteiger partial charge in [-0.1, -0.05) is 18.2 Å². The van der Waals surface area contributed by atoms with Crippen LogP contribution < -0.4 is 10.2 Å². The first-order valence-electron chi connectivity index (χ1n) is 11.3. The number of hydrogen-bond acceptors (Lipinski definition) is 4. The third-order valence-electron chi connectivity index (χ3n) is 7.73. The average molecular weight is 418 g/mol. The van der Waals surface area contributed by atoms with E-state index in [2.05, 4.69) is 10.2 Å². The highest BCUT2D eigenvalue weighted by atomic mass is 16.3. The largest absolute Gasteiger partial charge is 0.508 e. The lowest BCUT2D eigenvalue weighted by atomic mass is 9.86. The van der Waals surface area contributed by atoms with Crippen LogP contribution in [0.2, 0.25) is 0 Å². The molecule has 160 valence electrons. The van der Waals surface area contributed by atoms with E-state index in [-0.39, 0.29) is 11.2 Å². The summed E-state index contributed by atoms with van der Waals surface area (Å²) in [6.07, 6.45) is 5.69. The second kappa shape index (κ2) is 6.74. The summed E-state index contributed by atoms with van der Waals surface area (Å²) in [5.41, 5.74) is 3.79. The van der Waals surface area contributed by atoms with E-state index >= 15 is 0 Å². The van der Waals surface area contributed by atoms with Crippen molar-refractivity contribution < 1.29 is 14.7 Å². The number of rotatable bonds is 2. The van der Waals surface area contributed by atoms with Crippen molar-refractivity contribution in [3.05, 3.63) is 53.6 Å². The highest BCUT2D eigenvalue weighted by Gasteiger charge is 2.50. The van der Waals surface area contributed by atoms with E-state index in [1.165, 1.54) is 19.3 Å². The quantitative estimate of drug-likeness (QED) is 0.735. The molecule has 2 unspecified atom stereocenters. The van der Waals surface area contributed by atoms with E-state index in [4.69, 9.17) is 0 Å². The second-order valence-electron chi connectivity index (χ2n) is 9.74. The smallest absolute Gasteiger partial charge is 0.313 e. The molecule has 0 radical (unpaired) electrons. The molecular weight excluding hydrogens is 390 g/mol. The van der Waals surface area contributed by atoms with E-state index in [0.29, 0.717) is 19.1 Å². The summed E-state index contributed by atoms with van der Waals surface area (Å²) in [6, 6.07) is 13.7. The molecule has 2 aromatic carbocycles. The van der Waals surface area contributed by atoms with Crippen molar-refractivity contribution in [3.8, 4) is 5.75 Å². The van der Waals surface area contributed by atoms with Gasteiger partial charge >= 0.3 is 11.8 Å². The molecule has 0 aromatic heterocycles. The number of nitrogens with zero attached hydrogens (tertiary/aromatic N) is 2. The maximum atomic E-state index is 13.1. The standard InChI is InChI=1S/C25H27N3O3/c29-19-8-6-17-14-27(15-25(9-10-25)20(17)12-19)24(31)23(30)26-21-3-1-2-4-22(21)28-13-16-5-7-18(28)11-16/h1-4,6,8,12,16,18,29H,5,7,9-11,13-15H2,(H,26,30). The minimum absolute atomic E-state index is 0.102. The number of phenolic OH excluding ortho intramolecular Hbond substituents is 1. The molecule has 6 heteroatoms. The average Bonchev–Trinajstić information content (AvgIpc) is 3.21. The predicted octanol–water partition coefficient (Wildman–Crippen LogP) is 3.39. The number of fused-ring (bicyclic) bond motifs is 4. The zero-order valence-corrected chi connectivity index (χ0v) is 17.5. The van der Waals surface area contributed by atoms with Gasteiger partial charge in [0.05, 0.1) is 11.4 Å². The van der Waals surface area contributed by atoms with Crippen LogP contribution in [0.4, 0.5) is 11.4 Å². The maximum absolute atomic E-state index is 13.1. The van der Waals surface area contributed by atoms with E-state index in [0.717, 1.165) is 47.8 Å². The maximum Gasteiger partial charge on any atom is 0.313 e. The molecule has 1 saturated heterocycles. The summed E-state index contributed by atoms with van der Waals surface area (Å²) >= 11 is 0. The zero-order chi connectivity index (χ0) is 21.2. The first kappa shape index (κ1) is 18.7. The number of nitrogens with one attached hydrogen (secondary N) is 1. The summed E-state index contributed by atoms with van der Waals surface area (Å²) in [5, 5.41) is 12.8. The molecule has 2 saturated carbocycles. The predicted molar refractivity (Wildman–Crippen MR) is 118 cm³/mol. The van der Waals surface area contributed by atoms with Gasteiger partial charge in [0.2, 0.25) is 0 Å². The molecule has 2 bridgehead atoms. The van der Waals surface area contributed by atoms with Crippen LogP contribution in [0.1, 0.15) is 43.2 Å². The Morgan fingerprint density at radius 2 is 1.94 bits per heavy atom. The van der Waals surface area contributed by atoms with Crippen molar-refractivity contribution in [2.24, 2.45) is 5.92 Å². The molecule has 4 aliphatic rings. The van der Waals surface area contributed by atoms with Gasteiger partial charge in [-0.3, -0.25) is 9.59 Å². The van der Waals surface area contributed by atoms with Crippen LogP contribution >= 0.6 is 0 Å². The number of benzene rings is 2. The van der Waals surface area contributed by atoms with Crippen LogP contribution in [-0.2, 0) is 21.5 Å². The Hall–Kier alpha value is -3.02. The van der Waals surface area contributed by atoms with Crippen molar-refractivity contribution in [2.45, 2.75) is 50.1 Å². The Labute approximate surface area is 181 Å². The Morgan fingerprint density at radius 3 is 2.68 bits per heavy atom. The zero-order valence-electron chi connectivity index (χ0n) is 17.5. The summed E-state index contributed by atoms with van der Waals surface area (Å²) in [6.45, 7) is 1.97. The van der Waals surface area contributed by atoms with Crippen molar-refractivity contribution in [1.29, 1.82) is 0 Å². The topological polar surface area (TPSA) is 72.9 Å². The van der Waals surface area contributed by atoms with E-state index in [1.54, 1.807) is 11.0 Å². The summed E-state index contributed by atoms with van der Waals surface area (Å²) in [7, 11) is 0. The molecule has 2 N–H and O–H groups in total. The highest BCUT2D eigenvalue weighted by Crippen LogP contribution is 2.53. The van der Waals surface area contributed by atoms with Gasteiger partial charge in [0.1, 0.15) is 5.75 Å². The molecule has 6 nitrogen and oxygen atoms in total. The molecule has 2 amide bonds. The fourth-order valence-corrected chi connectivity index (χ4v) is 6.00. The van der Waals surface area contributed by atoms with E-state index in [1.807, 2.05) is 36.4 Å². The van der Waals surface area contributed by atoms with Crippen molar-refractivity contribution in [1.82, 2.24) is 4.90 Å². The normalized spacial score (nSPS) is 24.9. The van der Waals surface area contributed by atoms with E-state index in [9.17, 15) is 14.7 Å². The molecule has 3 fully saturated rings. The third kappa shape index (κ3) is 3.08. The van der Waals surface area contributed by atoms with Gasteiger partial charge in [0, 0.05) is 31.1 Å². The molecule has 6 rings (SSSR count). The summed E-state index contributed by atoms with van der Waals surface area (Å²) in [5.74, 6) is -0.0506. The lowest BCUT2D eigenvalue weighted by Gasteiger charge is -2.35. The number of carbonyl (C=O) groups is 2. The van der Waals surface area contributed by atoms with Gasteiger partial charge in [-0.2, -0.15) is 0 Å². The van der Waals surface area contributed by atoms with Gasteiger partial charge in [0.15, 0.2) is 0 Å². The first-order valence-corrected chi connectivity index (χ1v) is 11.3. The lowest BCUT2D eigenvalue weighted by molar-refractivity contribution is -0.144. The van der Waals surface area contributed by atoms with Gasteiger partial charge in [-0.05, 0) is 73.4 Å². The molecule has 2 aliphatic carbocycles. The highest BCUT2D eigenvalue weighted by molar-refractivity contribution is 6.39. The summed E-state index contributed by atoms with van der Waals surface area (Å²) in [4.78, 5) is 30.1. The van der Waals surface area contributed by atoms with Crippen LogP contribution in [0.25, 0.3) is 0 Å². The number of piperidine rings is 1. The van der Waals surface area contributed by atoms with Crippen molar-refractivity contribution in [3.63, 3.8) is 0 Å². The first-order chi connectivity index (χ1) is 15.0. The fraction of sp³-hybridized carbons (Fsp3) is 0.440. The Morgan fingerprint density at radius 1 is 1.10 bits per heavy atom. The number of hydrogen-bond donors (Lipinski definition) is 2. The third-order valence-corrected chi connectivity index (χ3v) is 7.73. The van der Waals surface area contributed by atoms with Gasteiger partial charge in [0.25, 0.3) is 0 Å². The Balaban J connectivity index is 1.21. The van der Waals surface area contributed by atoms with Crippen LogP contribution in [0.3, 0.4) is 0 Å². The van der Waals surface area contributed by atoms with Crippen LogP contribution in [-0.4, -0.2) is 41.0 Å². The monoisotopic (exact) mass is 417 g/mol. The lowest BCUT2D eigenvalue weighted by Crippen LogP contribution is -2.46. The second-order valence-corrected chi connectivity index (χ2v) is 9.74. The van der Waals surface area contributed by atoms with Gasteiger partial charge in [-0.15, -0.1) is 0 Å². The Kier molecular flexibility index (Phi) is 4.07. The van der Waals surface area contributed by atoms with Crippen LogP contribution in [0, 0.1) is 5.92 Å². The Bertz CT molecular complexity index is 1080. The number of anilines is 2.